The van der Waals surface area contributed by atoms with Crippen molar-refractivity contribution in [2.24, 2.45) is 0 Å². The molecule has 1 aromatic carbocycles. The third kappa shape index (κ3) is 3.73. The van der Waals surface area contributed by atoms with E-state index in [1.807, 2.05) is 6.07 Å². The summed E-state index contributed by atoms with van der Waals surface area (Å²) in [7, 11) is 0. The Hall–Kier alpha value is -2.51. The van der Waals surface area contributed by atoms with Crippen molar-refractivity contribution < 1.29 is 19.1 Å². The highest BCUT2D eigenvalue weighted by atomic mass is 16.5. The first-order valence-electron chi connectivity index (χ1n) is 5.69. The number of carbonyl (C=O) groups is 1. The van der Waals surface area contributed by atoms with E-state index in [0.717, 1.165) is 0 Å². The van der Waals surface area contributed by atoms with Gasteiger partial charge in [0.15, 0.2) is 12.7 Å². The molecule has 0 spiro atoms. The topological polar surface area (TPSA) is 59.7 Å². The average Bonchev–Trinajstić information content (AvgIpc) is 2.98. The Labute approximate surface area is 110 Å². The highest BCUT2D eigenvalue weighted by molar-refractivity contribution is 5.89. The van der Waals surface area contributed by atoms with Gasteiger partial charge in [-0.1, -0.05) is 30.0 Å². The summed E-state index contributed by atoms with van der Waals surface area (Å²) in [5.74, 6) is 5.02. The normalized spacial score (nSPS) is 11.2. The van der Waals surface area contributed by atoms with Crippen LogP contribution in [0.2, 0.25) is 0 Å². The van der Waals surface area contributed by atoms with Crippen molar-refractivity contribution in [2.45, 2.75) is 6.10 Å². The second kappa shape index (κ2) is 6.43. The van der Waals surface area contributed by atoms with Crippen LogP contribution in [-0.4, -0.2) is 17.7 Å². The van der Waals surface area contributed by atoms with Crippen LogP contribution >= 0.6 is 0 Å². The van der Waals surface area contributed by atoms with Gasteiger partial charge in [-0.25, -0.2) is 4.79 Å². The summed E-state index contributed by atoms with van der Waals surface area (Å²) in [6.07, 6.45) is 0.445. The average molecular weight is 256 g/mol. The van der Waals surface area contributed by atoms with Gasteiger partial charge in [-0.05, 0) is 24.3 Å². The van der Waals surface area contributed by atoms with Crippen molar-refractivity contribution in [1.82, 2.24) is 0 Å². The monoisotopic (exact) mass is 256 g/mol. The molecule has 1 atom stereocenters. The van der Waals surface area contributed by atoms with Gasteiger partial charge in [0.2, 0.25) is 0 Å². The summed E-state index contributed by atoms with van der Waals surface area (Å²) in [6.45, 7) is -0.0779. The number of carbonyl (C=O) groups excluding carboxylic acids is 1. The van der Waals surface area contributed by atoms with Crippen LogP contribution < -0.4 is 0 Å². The Morgan fingerprint density at radius 3 is 2.74 bits per heavy atom. The lowest BCUT2D eigenvalue weighted by Crippen LogP contribution is -2.05. The molecule has 0 amide bonds. The Kier molecular flexibility index (Phi) is 4.38. The van der Waals surface area contributed by atoms with E-state index in [1.54, 1.807) is 36.4 Å². The van der Waals surface area contributed by atoms with Gasteiger partial charge in [0.25, 0.3) is 0 Å². The molecule has 0 saturated heterocycles. The summed E-state index contributed by atoms with van der Waals surface area (Å²) in [4.78, 5) is 11.5. The minimum atomic E-state index is -1.01. The molecule has 4 nitrogen and oxygen atoms in total. The molecular weight excluding hydrogens is 244 g/mol. The smallest absolute Gasteiger partial charge is 0.339 e. The van der Waals surface area contributed by atoms with Crippen LogP contribution in [-0.2, 0) is 4.74 Å². The van der Waals surface area contributed by atoms with Crippen molar-refractivity contribution in [3.63, 3.8) is 0 Å². The molecule has 0 radical (unpaired) electrons. The molecule has 0 aliphatic carbocycles. The minimum absolute atomic E-state index is 0.0779. The molecule has 1 N–H and O–H groups in total. The zero-order chi connectivity index (χ0) is 13.5. The molecule has 19 heavy (non-hydrogen) atoms. The van der Waals surface area contributed by atoms with Crippen molar-refractivity contribution in [1.29, 1.82) is 0 Å². The van der Waals surface area contributed by atoms with Crippen molar-refractivity contribution in [2.75, 3.05) is 6.61 Å². The second-order valence-electron chi connectivity index (χ2n) is 3.68. The van der Waals surface area contributed by atoms with Gasteiger partial charge in [0, 0.05) is 0 Å². The molecule has 96 valence electrons. The van der Waals surface area contributed by atoms with Crippen molar-refractivity contribution >= 4 is 5.97 Å². The van der Waals surface area contributed by atoms with Crippen LogP contribution in [0.5, 0.6) is 0 Å². The van der Waals surface area contributed by atoms with E-state index in [2.05, 4.69) is 11.8 Å². The Bertz CT molecular complexity index is 576. The highest BCUT2D eigenvalue weighted by Crippen LogP contribution is 2.11. The Morgan fingerprint density at radius 1 is 1.26 bits per heavy atom. The fraction of sp³-hybridized carbons (Fsp3) is 0.133. The molecule has 0 saturated carbocycles. The maximum Gasteiger partial charge on any atom is 0.339 e. The predicted molar refractivity (Wildman–Crippen MR) is 68.2 cm³/mol. The molecule has 0 aliphatic rings. The number of furan rings is 1. The maximum atomic E-state index is 11.5. The standard InChI is InChI=1S/C15H12O4/c16-13(14-9-5-10-18-14)8-4-11-19-15(17)12-6-2-1-3-7-12/h1-3,5-7,9-10,13,16H,11H2/t13-/m1/s1. The van der Waals surface area contributed by atoms with Crippen molar-refractivity contribution in [3.8, 4) is 11.8 Å². The van der Waals surface area contributed by atoms with E-state index in [1.165, 1.54) is 6.26 Å². The first kappa shape index (κ1) is 12.9. The molecule has 4 heteroatoms. The van der Waals surface area contributed by atoms with E-state index in [-0.39, 0.29) is 6.61 Å². The molecule has 0 unspecified atom stereocenters. The van der Waals surface area contributed by atoms with Gasteiger partial charge in [0.05, 0.1) is 11.8 Å². The molecule has 2 aromatic rings. The number of hydrogen-bond acceptors (Lipinski definition) is 4. The first-order valence-corrected chi connectivity index (χ1v) is 5.69. The molecule has 1 aromatic heterocycles. The lowest BCUT2D eigenvalue weighted by Gasteiger charge is -2.00. The number of aliphatic hydroxyl groups excluding tert-OH is 1. The molecule has 1 heterocycles. The zero-order valence-electron chi connectivity index (χ0n) is 10.1. The number of benzene rings is 1. The molecule has 0 bridgehead atoms. The summed E-state index contributed by atoms with van der Waals surface area (Å²) >= 11 is 0. The van der Waals surface area contributed by atoms with E-state index < -0.39 is 12.1 Å². The van der Waals surface area contributed by atoms with Crippen LogP contribution in [0.3, 0.4) is 0 Å². The highest BCUT2D eigenvalue weighted by Gasteiger charge is 2.06. The van der Waals surface area contributed by atoms with Crippen LogP contribution in [0.4, 0.5) is 0 Å². The van der Waals surface area contributed by atoms with E-state index in [9.17, 15) is 9.90 Å². The van der Waals surface area contributed by atoms with Gasteiger partial charge in [-0.15, -0.1) is 0 Å². The van der Waals surface area contributed by atoms with Gasteiger partial charge in [-0.3, -0.25) is 0 Å². The summed E-state index contributed by atoms with van der Waals surface area (Å²) in [6, 6.07) is 11.9. The maximum absolute atomic E-state index is 11.5. The third-order valence-corrected chi connectivity index (χ3v) is 2.34. The molecule has 0 fully saturated rings. The summed E-state index contributed by atoms with van der Waals surface area (Å²) in [5, 5.41) is 9.58. The summed E-state index contributed by atoms with van der Waals surface area (Å²) < 4.78 is 9.92. The number of rotatable bonds is 3. The lowest BCUT2D eigenvalue weighted by molar-refractivity contribution is 0.0556. The SMILES string of the molecule is O=C(OCC#C[C@@H](O)c1ccco1)c1ccccc1. The van der Waals surface area contributed by atoms with E-state index in [0.29, 0.717) is 11.3 Å². The molecular formula is C15H12O4. The van der Waals surface area contributed by atoms with Gasteiger partial charge < -0.3 is 14.3 Å². The van der Waals surface area contributed by atoms with Gasteiger partial charge in [0.1, 0.15) is 5.76 Å². The summed E-state index contributed by atoms with van der Waals surface area (Å²) in [5.41, 5.74) is 0.468. The first-order chi connectivity index (χ1) is 9.27. The fourth-order valence-electron chi connectivity index (χ4n) is 1.42. The molecule has 2 rings (SSSR count). The largest absolute Gasteiger partial charge is 0.466 e. The number of aliphatic hydroxyl groups is 1. The predicted octanol–water partition coefficient (Wildman–Crippen LogP) is 2.17. The van der Waals surface area contributed by atoms with Crippen LogP contribution in [0, 0.1) is 11.8 Å². The number of ether oxygens (including phenoxy) is 1. The quantitative estimate of drug-likeness (QED) is 0.675. The number of hydrogen-bond donors (Lipinski definition) is 1. The van der Waals surface area contributed by atoms with Crippen LogP contribution in [0.25, 0.3) is 0 Å². The number of esters is 1. The second-order valence-corrected chi connectivity index (χ2v) is 3.68. The lowest BCUT2D eigenvalue weighted by atomic mass is 10.2. The van der Waals surface area contributed by atoms with E-state index >= 15 is 0 Å². The van der Waals surface area contributed by atoms with Crippen LogP contribution in [0.1, 0.15) is 22.2 Å². The Balaban J connectivity index is 1.83. The van der Waals surface area contributed by atoms with Gasteiger partial charge in [-0.2, -0.15) is 0 Å². The third-order valence-electron chi connectivity index (χ3n) is 2.34. The fourth-order valence-corrected chi connectivity index (χ4v) is 1.42. The molecule has 0 aliphatic heterocycles. The van der Waals surface area contributed by atoms with Crippen LogP contribution in [0.15, 0.2) is 53.1 Å². The van der Waals surface area contributed by atoms with E-state index in [4.69, 9.17) is 9.15 Å². The zero-order valence-corrected chi connectivity index (χ0v) is 10.1. The van der Waals surface area contributed by atoms with Crippen molar-refractivity contribution in [3.05, 3.63) is 60.1 Å². The Morgan fingerprint density at radius 2 is 2.05 bits per heavy atom. The van der Waals surface area contributed by atoms with Gasteiger partial charge >= 0.3 is 5.97 Å². The minimum Gasteiger partial charge on any atom is -0.466 e.